The maximum Gasteiger partial charge on any atom is 0.343 e. The third kappa shape index (κ3) is 3.07. The van der Waals surface area contributed by atoms with E-state index < -0.39 is 11.9 Å². The highest BCUT2D eigenvalue weighted by Gasteiger charge is 2.18. The molecule has 1 aliphatic rings. The molecule has 1 aliphatic carbocycles. The summed E-state index contributed by atoms with van der Waals surface area (Å²) in [5.74, 6) is -0.670. The van der Waals surface area contributed by atoms with Gasteiger partial charge in [0.05, 0.1) is 11.1 Å². The third-order valence-corrected chi connectivity index (χ3v) is 3.49. The van der Waals surface area contributed by atoms with Gasteiger partial charge < -0.3 is 9.84 Å². The zero-order chi connectivity index (χ0) is 14.7. The van der Waals surface area contributed by atoms with Gasteiger partial charge >= 0.3 is 11.9 Å². The van der Waals surface area contributed by atoms with Crippen molar-refractivity contribution in [3.63, 3.8) is 0 Å². The lowest BCUT2D eigenvalue weighted by Gasteiger charge is -2.14. The van der Waals surface area contributed by atoms with Gasteiger partial charge in [0.1, 0.15) is 5.76 Å². The number of ether oxygens (including phenoxy) is 1. The van der Waals surface area contributed by atoms with Crippen molar-refractivity contribution in [1.82, 2.24) is 0 Å². The molecule has 0 aliphatic heterocycles. The fraction of sp³-hybridized carbons (Fsp3) is 0.375. The molecule has 1 N–H and O–H groups in total. The molecule has 0 spiro atoms. The molecule has 2 rings (SSSR count). The van der Waals surface area contributed by atoms with Gasteiger partial charge in [-0.05, 0) is 62.4 Å². The SMILES string of the molecule is Cc1cc(C(=O)OC2=CCCCC2)c(C)cc1C(=O)O. The van der Waals surface area contributed by atoms with E-state index in [2.05, 4.69) is 0 Å². The first kappa shape index (κ1) is 14.3. The van der Waals surface area contributed by atoms with Crippen LogP contribution in [0.4, 0.5) is 0 Å². The summed E-state index contributed by atoms with van der Waals surface area (Å²) in [6.07, 6.45) is 5.85. The topological polar surface area (TPSA) is 63.6 Å². The van der Waals surface area contributed by atoms with Crippen LogP contribution in [-0.2, 0) is 4.74 Å². The van der Waals surface area contributed by atoms with Crippen LogP contribution in [-0.4, -0.2) is 17.0 Å². The zero-order valence-corrected chi connectivity index (χ0v) is 11.7. The summed E-state index contributed by atoms with van der Waals surface area (Å²) in [7, 11) is 0. The Labute approximate surface area is 118 Å². The quantitative estimate of drug-likeness (QED) is 0.855. The van der Waals surface area contributed by atoms with Crippen LogP contribution < -0.4 is 0 Å². The number of hydrogen-bond donors (Lipinski definition) is 1. The van der Waals surface area contributed by atoms with Gasteiger partial charge in [-0.1, -0.05) is 0 Å². The van der Waals surface area contributed by atoms with Gasteiger partial charge in [0.2, 0.25) is 0 Å². The average molecular weight is 274 g/mol. The predicted octanol–water partition coefficient (Wildman–Crippen LogP) is 3.62. The number of rotatable bonds is 3. The Morgan fingerprint density at radius 2 is 1.75 bits per heavy atom. The molecule has 20 heavy (non-hydrogen) atoms. The Bertz CT molecular complexity index is 584. The third-order valence-electron chi connectivity index (χ3n) is 3.49. The molecule has 0 radical (unpaired) electrons. The molecule has 0 amide bonds. The highest BCUT2D eigenvalue weighted by atomic mass is 16.5. The van der Waals surface area contributed by atoms with E-state index in [1.807, 2.05) is 6.08 Å². The Morgan fingerprint density at radius 1 is 1.10 bits per heavy atom. The minimum Gasteiger partial charge on any atom is -0.478 e. The molecule has 0 saturated heterocycles. The summed E-state index contributed by atoms with van der Waals surface area (Å²) in [6.45, 7) is 3.40. The molecule has 0 atom stereocenters. The van der Waals surface area contributed by atoms with Crippen LogP contribution in [0.2, 0.25) is 0 Å². The molecule has 0 aromatic heterocycles. The highest BCUT2D eigenvalue weighted by Crippen LogP contribution is 2.22. The number of carbonyl (C=O) groups is 2. The van der Waals surface area contributed by atoms with Gasteiger partial charge in [0.25, 0.3) is 0 Å². The molecule has 0 saturated carbocycles. The molecule has 1 aromatic rings. The molecule has 0 heterocycles. The largest absolute Gasteiger partial charge is 0.478 e. The van der Waals surface area contributed by atoms with Crippen LogP contribution >= 0.6 is 0 Å². The number of allylic oxidation sites excluding steroid dienone is 2. The van der Waals surface area contributed by atoms with Crippen LogP contribution in [0, 0.1) is 13.8 Å². The van der Waals surface area contributed by atoms with Crippen molar-refractivity contribution >= 4 is 11.9 Å². The van der Waals surface area contributed by atoms with Crippen molar-refractivity contribution in [3.05, 3.63) is 46.2 Å². The van der Waals surface area contributed by atoms with Crippen LogP contribution in [0.5, 0.6) is 0 Å². The van der Waals surface area contributed by atoms with Gasteiger partial charge in [-0.3, -0.25) is 0 Å². The molecular weight excluding hydrogens is 256 g/mol. The first-order valence-electron chi connectivity index (χ1n) is 6.75. The second-order valence-electron chi connectivity index (χ2n) is 5.09. The summed E-state index contributed by atoms with van der Waals surface area (Å²) >= 11 is 0. The molecule has 4 heteroatoms. The summed E-state index contributed by atoms with van der Waals surface area (Å²) in [5, 5.41) is 9.06. The Hall–Kier alpha value is -2.10. The van der Waals surface area contributed by atoms with E-state index in [0.29, 0.717) is 16.7 Å². The van der Waals surface area contributed by atoms with Gasteiger partial charge in [-0.25, -0.2) is 9.59 Å². The van der Waals surface area contributed by atoms with Crippen molar-refractivity contribution in [3.8, 4) is 0 Å². The molecule has 106 valence electrons. The second-order valence-corrected chi connectivity index (χ2v) is 5.09. The number of carboxylic acids is 1. The van der Waals surface area contributed by atoms with E-state index in [-0.39, 0.29) is 5.56 Å². The van der Waals surface area contributed by atoms with Crippen LogP contribution in [0.25, 0.3) is 0 Å². The van der Waals surface area contributed by atoms with Gasteiger partial charge in [0.15, 0.2) is 0 Å². The van der Waals surface area contributed by atoms with Crippen molar-refractivity contribution < 1.29 is 19.4 Å². The van der Waals surface area contributed by atoms with Crippen LogP contribution in [0.15, 0.2) is 24.0 Å². The van der Waals surface area contributed by atoms with Crippen molar-refractivity contribution in [2.45, 2.75) is 39.5 Å². The maximum atomic E-state index is 12.2. The van der Waals surface area contributed by atoms with E-state index in [1.54, 1.807) is 19.9 Å². The van der Waals surface area contributed by atoms with Crippen molar-refractivity contribution in [2.75, 3.05) is 0 Å². The van der Waals surface area contributed by atoms with E-state index in [4.69, 9.17) is 9.84 Å². The van der Waals surface area contributed by atoms with Gasteiger partial charge in [-0.15, -0.1) is 0 Å². The normalized spacial score (nSPS) is 14.6. The number of aryl methyl sites for hydroxylation is 2. The first-order valence-corrected chi connectivity index (χ1v) is 6.75. The fourth-order valence-corrected chi connectivity index (χ4v) is 2.34. The van der Waals surface area contributed by atoms with Crippen molar-refractivity contribution in [2.24, 2.45) is 0 Å². The Morgan fingerprint density at radius 3 is 2.35 bits per heavy atom. The van der Waals surface area contributed by atoms with Gasteiger partial charge in [-0.2, -0.15) is 0 Å². The summed E-state index contributed by atoms with van der Waals surface area (Å²) in [5.41, 5.74) is 1.83. The van der Waals surface area contributed by atoms with E-state index in [0.717, 1.165) is 31.4 Å². The molecule has 0 bridgehead atoms. The second kappa shape index (κ2) is 5.90. The zero-order valence-electron chi connectivity index (χ0n) is 11.7. The number of carbonyl (C=O) groups excluding carboxylic acids is 1. The highest BCUT2D eigenvalue weighted by molar-refractivity contribution is 5.95. The number of carboxylic acid groups (broad SMARTS) is 1. The molecule has 0 fully saturated rings. The number of hydrogen-bond acceptors (Lipinski definition) is 3. The van der Waals surface area contributed by atoms with E-state index in [9.17, 15) is 9.59 Å². The minimum absolute atomic E-state index is 0.218. The molecule has 1 aromatic carbocycles. The first-order chi connectivity index (χ1) is 9.49. The van der Waals surface area contributed by atoms with E-state index >= 15 is 0 Å². The predicted molar refractivity (Wildman–Crippen MR) is 74.8 cm³/mol. The number of aromatic carboxylic acids is 1. The standard InChI is InChI=1S/C16H18O4/c1-10-9-14(11(2)8-13(10)15(17)18)16(19)20-12-6-4-3-5-7-12/h6,8-9H,3-5,7H2,1-2H3,(H,17,18). The Kier molecular flexibility index (Phi) is 4.23. The van der Waals surface area contributed by atoms with Gasteiger partial charge in [0, 0.05) is 6.42 Å². The average Bonchev–Trinajstić information content (AvgIpc) is 2.41. The Balaban J connectivity index is 2.24. The summed E-state index contributed by atoms with van der Waals surface area (Å²) < 4.78 is 5.39. The lowest BCUT2D eigenvalue weighted by atomic mass is 10.00. The van der Waals surface area contributed by atoms with E-state index in [1.165, 1.54) is 6.07 Å². The molecule has 0 unspecified atom stereocenters. The summed E-state index contributed by atoms with van der Waals surface area (Å²) in [6, 6.07) is 3.11. The summed E-state index contributed by atoms with van der Waals surface area (Å²) in [4.78, 5) is 23.2. The van der Waals surface area contributed by atoms with Crippen molar-refractivity contribution in [1.29, 1.82) is 0 Å². The maximum absolute atomic E-state index is 12.2. The van der Waals surface area contributed by atoms with Crippen LogP contribution in [0.3, 0.4) is 0 Å². The molecular formula is C16H18O4. The lowest BCUT2D eigenvalue weighted by molar-refractivity contribution is 0.0604. The molecule has 4 nitrogen and oxygen atoms in total. The lowest BCUT2D eigenvalue weighted by Crippen LogP contribution is -2.11. The monoisotopic (exact) mass is 274 g/mol. The fourth-order valence-electron chi connectivity index (χ4n) is 2.34. The minimum atomic E-state index is -0.986. The van der Waals surface area contributed by atoms with Crippen LogP contribution in [0.1, 0.15) is 57.5 Å². The smallest absolute Gasteiger partial charge is 0.343 e. The number of esters is 1. The number of benzene rings is 1.